The fraction of sp³-hybridized carbons (Fsp3) is 0.714. The van der Waals surface area contributed by atoms with Crippen molar-refractivity contribution < 1.29 is 9.59 Å². The minimum absolute atomic E-state index is 0. The lowest BCUT2D eigenvalue weighted by Crippen LogP contribution is -2.46. The number of nitrogens with two attached hydrogens (primary N) is 2. The third kappa shape index (κ3) is 6.36. The van der Waals surface area contributed by atoms with Crippen LogP contribution in [0.1, 0.15) is 13.8 Å². The van der Waals surface area contributed by atoms with Crippen LogP contribution in [0.25, 0.3) is 0 Å². The Kier molecular flexibility index (Phi) is 7.55. The van der Waals surface area contributed by atoms with E-state index in [0.29, 0.717) is 0 Å². The van der Waals surface area contributed by atoms with Crippen molar-refractivity contribution >= 4 is 24.2 Å². The molecule has 0 saturated carbocycles. The quantitative estimate of drug-likeness (QED) is 0.554. The van der Waals surface area contributed by atoms with Crippen LogP contribution in [0, 0.1) is 5.92 Å². The Morgan fingerprint density at radius 3 is 2.15 bits per heavy atom. The van der Waals surface area contributed by atoms with Crippen molar-refractivity contribution in [1.82, 2.24) is 5.32 Å². The second kappa shape index (κ2) is 6.68. The minimum atomic E-state index is -0.579. The van der Waals surface area contributed by atoms with Crippen LogP contribution in [0.4, 0.5) is 0 Å². The summed E-state index contributed by atoms with van der Waals surface area (Å²) in [5.41, 5.74) is 10.3. The summed E-state index contributed by atoms with van der Waals surface area (Å²) in [4.78, 5) is 21.3. The second-order valence-corrected chi connectivity index (χ2v) is 2.95. The van der Waals surface area contributed by atoms with Crippen LogP contribution in [0.5, 0.6) is 0 Å². The number of carbonyl (C=O) groups is 2. The molecule has 5 N–H and O–H groups in total. The molecule has 0 aliphatic carbocycles. The largest absolute Gasteiger partial charge is 0.368 e. The van der Waals surface area contributed by atoms with Gasteiger partial charge in [-0.1, -0.05) is 13.8 Å². The van der Waals surface area contributed by atoms with E-state index in [-0.39, 0.29) is 30.8 Å². The molecule has 0 aliphatic rings. The molecule has 0 aliphatic heterocycles. The van der Waals surface area contributed by atoms with Crippen molar-refractivity contribution in [1.29, 1.82) is 0 Å². The Bertz CT molecular complexity index is 185. The molecule has 0 radical (unpaired) electrons. The highest BCUT2D eigenvalue weighted by Gasteiger charge is 2.16. The van der Waals surface area contributed by atoms with Gasteiger partial charge in [0.05, 0.1) is 12.6 Å². The van der Waals surface area contributed by atoms with Gasteiger partial charge in [0.2, 0.25) is 11.8 Å². The Morgan fingerprint density at radius 1 is 1.38 bits per heavy atom. The number of primary amides is 1. The van der Waals surface area contributed by atoms with E-state index in [9.17, 15) is 9.59 Å². The van der Waals surface area contributed by atoms with Crippen LogP contribution in [0.3, 0.4) is 0 Å². The van der Waals surface area contributed by atoms with Gasteiger partial charge in [-0.05, 0) is 5.92 Å². The van der Waals surface area contributed by atoms with Crippen LogP contribution in [0.15, 0.2) is 0 Å². The second-order valence-electron chi connectivity index (χ2n) is 2.95. The zero-order valence-corrected chi connectivity index (χ0v) is 8.56. The van der Waals surface area contributed by atoms with Gasteiger partial charge >= 0.3 is 0 Å². The lowest BCUT2D eigenvalue weighted by Gasteiger charge is -2.14. The van der Waals surface area contributed by atoms with Gasteiger partial charge in [-0.15, -0.1) is 12.4 Å². The molecule has 6 heteroatoms. The van der Waals surface area contributed by atoms with Gasteiger partial charge in [0.25, 0.3) is 0 Å². The molecule has 5 nitrogen and oxygen atoms in total. The normalized spacial score (nSPS) is 11.7. The Labute approximate surface area is 83.6 Å². The van der Waals surface area contributed by atoms with Gasteiger partial charge in [-0.2, -0.15) is 0 Å². The van der Waals surface area contributed by atoms with Crippen molar-refractivity contribution in [3.63, 3.8) is 0 Å². The topological polar surface area (TPSA) is 98.2 Å². The van der Waals surface area contributed by atoms with Crippen LogP contribution >= 0.6 is 12.4 Å². The number of hydrogen-bond donors (Lipinski definition) is 3. The van der Waals surface area contributed by atoms with Gasteiger partial charge in [-0.25, -0.2) is 0 Å². The summed E-state index contributed by atoms with van der Waals surface area (Å²) in [5.74, 6) is -0.860. The summed E-state index contributed by atoms with van der Waals surface area (Å²) in [6.07, 6.45) is 0. The summed E-state index contributed by atoms with van der Waals surface area (Å²) in [6, 6.07) is -0.579. The number of halogens is 1. The summed E-state index contributed by atoms with van der Waals surface area (Å²) < 4.78 is 0. The maximum absolute atomic E-state index is 11.0. The molecule has 0 saturated heterocycles. The highest BCUT2D eigenvalue weighted by Crippen LogP contribution is 1.96. The molecule has 0 heterocycles. The van der Waals surface area contributed by atoms with E-state index in [1.54, 1.807) is 0 Å². The van der Waals surface area contributed by atoms with Crippen LogP contribution < -0.4 is 16.8 Å². The molecule has 0 aromatic carbocycles. The molecule has 2 amide bonds. The van der Waals surface area contributed by atoms with Crippen molar-refractivity contribution in [2.45, 2.75) is 19.9 Å². The molecule has 13 heavy (non-hydrogen) atoms. The number of amides is 2. The first-order valence-corrected chi connectivity index (χ1v) is 3.76. The first kappa shape index (κ1) is 14.7. The van der Waals surface area contributed by atoms with Crippen molar-refractivity contribution in [3.8, 4) is 0 Å². The minimum Gasteiger partial charge on any atom is -0.368 e. The van der Waals surface area contributed by atoms with E-state index in [2.05, 4.69) is 5.32 Å². The zero-order chi connectivity index (χ0) is 9.72. The van der Waals surface area contributed by atoms with Crippen molar-refractivity contribution in [2.24, 2.45) is 17.4 Å². The number of nitrogens with one attached hydrogen (secondary N) is 1. The maximum atomic E-state index is 11.0. The number of carbonyl (C=O) groups excluding carboxylic acids is 2. The molecule has 1 atom stereocenters. The Morgan fingerprint density at radius 2 is 1.85 bits per heavy atom. The molecule has 0 rings (SSSR count). The summed E-state index contributed by atoms with van der Waals surface area (Å²) in [5, 5.41) is 2.32. The third-order valence-electron chi connectivity index (χ3n) is 1.46. The molecule has 0 bridgehead atoms. The van der Waals surface area contributed by atoms with Crippen LogP contribution in [0.2, 0.25) is 0 Å². The highest BCUT2D eigenvalue weighted by atomic mass is 35.5. The first-order valence-electron chi connectivity index (χ1n) is 3.76. The standard InChI is InChI=1S/C7H15N3O2.ClH/c1-4(2)6(9)7(12)10-3-5(8)11;/h4,6H,3,9H2,1-2H3,(H2,8,11)(H,10,12);1H/t6-;/m0./s1. The third-order valence-corrected chi connectivity index (χ3v) is 1.46. The van der Waals surface area contributed by atoms with Gasteiger partial charge in [0.15, 0.2) is 0 Å². The summed E-state index contributed by atoms with van der Waals surface area (Å²) in [7, 11) is 0. The van der Waals surface area contributed by atoms with Gasteiger partial charge in [0, 0.05) is 0 Å². The fourth-order valence-electron chi connectivity index (χ4n) is 0.595. The van der Waals surface area contributed by atoms with Crippen LogP contribution in [-0.4, -0.2) is 24.4 Å². The zero-order valence-electron chi connectivity index (χ0n) is 7.74. The van der Waals surface area contributed by atoms with Gasteiger partial charge in [-0.3, -0.25) is 9.59 Å². The van der Waals surface area contributed by atoms with E-state index in [4.69, 9.17) is 11.5 Å². The summed E-state index contributed by atoms with van der Waals surface area (Å²) in [6.45, 7) is 3.50. The van der Waals surface area contributed by atoms with E-state index in [0.717, 1.165) is 0 Å². The van der Waals surface area contributed by atoms with E-state index in [1.807, 2.05) is 13.8 Å². The molecule has 78 valence electrons. The summed E-state index contributed by atoms with van der Waals surface area (Å²) >= 11 is 0. The number of rotatable bonds is 4. The van der Waals surface area contributed by atoms with E-state index < -0.39 is 11.9 Å². The molecular weight excluding hydrogens is 194 g/mol. The monoisotopic (exact) mass is 209 g/mol. The van der Waals surface area contributed by atoms with Crippen molar-refractivity contribution in [2.75, 3.05) is 6.54 Å². The lowest BCUT2D eigenvalue weighted by molar-refractivity contribution is -0.126. The molecule has 0 fully saturated rings. The molecule has 0 aromatic heterocycles. The number of hydrogen-bond acceptors (Lipinski definition) is 3. The first-order chi connectivity index (χ1) is 5.45. The highest BCUT2D eigenvalue weighted by molar-refractivity contribution is 5.86. The predicted octanol–water partition coefficient (Wildman–Crippen LogP) is -1.01. The fourth-order valence-corrected chi connectivity index (χ4v) is 0.595. The Balaban J connectivity index is 0. The van der Waals surface area contributed by atoms with Gasteiger partial charge < -0.3 is 16.8 Å². The molecule has 0 spiro atoms. The molecule has 0 unspecified atom stereocenters. The van der Waals surface area contributed by atoms with Crippen LogP contribution in [-0.2, 0) is 9.59 Å². The van der Waals surface area contributed by atoms with Gasteiger partial charge in [0.1, 0.15) is 0 Å². The van der Waals surface area contributed by atoms with Crippen molar-refractivity contribution in [3.05, 3.63) is 0 Å². The smallest absolute Gasteiger partial charge is 0.237 e. The predicted molar refractivity (Wildman–Crippen MR) is 52.3 cm³/mol. The average Bonchev–Trinajstić information content (AvgIpc) is 1.98. The average molecular weight is 210 g/mol. The Hall–Kier alpha value is -0.810. The molecule has 0 aromatic rings. The van der Waals surface area contributed by atoms with E-state index in [1.165, 1.54) is 0 Å². The molecular formula is C7H16ClN3O2. The lowest BCUT2D eigenvalue weighted by atomic mass is 10.1. The van der Waals surface area contributed by atoms with E-state index >= 15 is 0 Å². The SMILES string of the molecule is CC(C)[C@H](N)C(=O)NCC(N)=O.Cl. The maximum Gasteiger partial charge on any atom is 0.237 e.